The molecule has 4 rings (SSSR count). The zero-order valence-corrected chi connectivity index (χ0v) is 15.6. The minimum atomic E-state index is -0.385. The van der Waals surface area contributed by atoms with Crippen LogP contribution in [0.5, 0.6) is 0 Å². The van der Waals surface area contributed by atoms with E-state index in [0.717, 1.165) is 16.5 Å². The molecule has 0 unspecified atom stereocenters. The quantitative estimate of drug-likeness (QED) is 0.528. The number of hydrogen-bond donors (Lipinski definition) is 1. The fourth-order valence-electron chi connectivity index (χ4n) is 3.65. The Morgan fingerprint density at radius 3 is 2.64 bits per heavy atom. The van der Waals surface area contributed by atoms with E-state index in [1.54, 1.807) is 36.6 Å². The number of benzene rings is 2. The number of nitrogens with one attached hydrogen (secondary N) is 1. The van der Waals surface area contributed by atoms with E-state index < -0.39 is 0 Å². The van der Waals surface area contributed by atoms with Crippen molar-refractivity contribution in [3.8, 4) is 0 Å². The number of furan rings is 1. The van der Waals surface area contributed by atoms with Gasteiger partial charge in [0, 0.05) is 36.5 Å². The fourth-order valence-corrected chi connectivity index (χ4v) is 3.65. The van der Waals surface area contributed by atoms with Crippen LogP contribution in [0.3, 0.4) is 0 Å². The number of carbonyl (C=O) groups excluding carboxylic acids is 1. The van der Waals surface area contributed by atoms with Gasteiger partial charge in [0.15, 0.2) is 0 Å². The van der Waals surface area contributed by atoms with Crippen molar-refractivity contribution in [2.45, 2.75) is 18.9 Å². The minimum Gasteiger partial charge on any atom is -0.467 e. The molecule has 0 saturated carbocycles. The first-order valence-electron chi connectivity index (χ1n) is 9.21. The Hall–Kier alpha value is -3.34. The van der Waals surface area contributed by atoms with Crippen LogP contribution in [0.4, 0.5) is 4.39 Å². The van der Waals surface area contributed by atoms with E-state index in [1.807, 2.05) is 42.1 Å². The average Bonchev–Trinajstić information content (AvgIpc) is 3.34. The van der Waals surface area contributed by atoms with E-state index in [4.69, 9.17) is 4.42 Å². The van der Waals surface area contributed by atoms with E-state index >= 15 is 0 Å². The monoisotopic (exact) mass is 376 g/mol. The van der Waals surface area contributed by atoms with Gasteiger partial charge in [-0.1, -0.05) is 36.4 Å². The lowest BCUT2D eigenvalue weighted by Gasteiger charge is -2.18. The van der Waals surface area contributed by atoms with Gasteiger partial charge in [-0.25, -0.2) is 4.39 Å². The van der Waals surface area contributed by atoms with Gasteiger partial charge in [-0.3, -0.25) is 4.79 Å². The summed E-state index contributed by atoms with van der Waals surface area (Å²) in [6, 6.07) is 18.2. The van der Waals surface area contributed by atoms with Crippen LogP contribution >= 0.6 is 0 Å². The van der Waals surface area contributed by atoms with E-state index in [9.17, 15) is 9.18 Å². The van der Waals surface area contributed by atoms with Crippen LogP contribution in [0.1, 0.15) is 29.2 Å². The number of para-hydroxylation sites is 1. The van der Waals surface area contributed by atoms with Crippen LogP contribution < -0.4 is 5.32 Å². The molecule has 28 heavy (non-hydrogen) atoms. The first-order valence-corrected chi connectivity index (χ1v) is 9.21. The number of nitrogens with zero attached hydrogens (tertiary/aromatic N) is 1. The maximum Gasteiger partial charge on any atom is 0.221 e. The van der Waals surface area contributed by atoms with Crippen LogP contribution in [0.15, 0.2) is 77.5 Å². The molecule has 0 fully saturated rings. The number of fused-ring (bicyclic) bond motifs is 1. The summed E-state index contributed by atoms with van der Waals surface area (Å²) in [6.45, 7) is 0.311. The smallest absolute Gasteiger partial charge is 0.221 e. The molecule has 0 radical (unpaired) electrons. The van der Waals surface area contributed by atoms with E-state index in [2.05, 4.69) is 5.32 Å². The third-order valence-corrected chi connectivity index (χ3v) is 5.01. The molecule has 0 aliphatic rings. The number of hydrogen-bond acceptors (Lipinski definition) is 2. The number of rotatable bonds is 6. The number of carbonyl (C=O) groups is 1. The van der Waals surface area contributed by atoms with Crippen molar-refractivity contribution < 1.29 is 13.6 Å². The predicted molar refractivity (Wildman–Crippen MR) is 106 cm³/mol. The average molecular weight is 376 g/mol. The van der Waals surface area contributed by atoms with Gasteiger partial charge in [-0.2, -0.15) is 0 Å². The first-order chi connectivity index (χ1) is 13.6. The minimum absolute atomic E-state index is 0.148. The number of aryl methyl sites for hydroxylation is 1. The Labute approximate surface area is 162 Å². The van der Waals surface area contributed by atoms with Gasteiger partial charge in [-0.05, 0) is 35.4 Å². The fraction of sp³-hybridized carbons (Fsp3) is 0.174. The van der Waals surface area contributed by atoms with Crippen molar-refractivity contribution >= 4 is 16.8 Å². The molecule has 0 saturated heterocycles. The molecule has 1 amide bonds. The third-order valence-electron chi connectivity index (χ3n) is 5.01. The van der Waals surface area contributed by atoms with Crippen molar-refractivity contribution in [2.75, 3.05) is 0 Å². The molecule has 0 spiro atoms. The van der Waals surface area contributed by atoms with Crippen molar-refractivity contribution in [3.63, 3.8) is 0 Å². The summed E-state index contributed by atoms with van der Waals surface area (Å²) in [5, 5.41) is 3.89. The molecule has 2 aromatic carbocycles. The second-order valence-corrected chi connectivity index (χ2v) is 6.85. The molecular weight excluding hydrogens is 355 g/mol. The number of aromatic nitrogens is 1. The SMILES string of the molecule is Cn1cc([C@@H](CC(=O)NCc2ccco2)c2ccccc2F)c2ccccc21. The summed E-state index contributed by atoms with van der Waals surface area (Å²) in [7, 11) is 1.96. The second kappa shape index (κ2) is 7.72. The highest BCUT2D eigenvalue weighted by Crippen LogP contribution is 2.35. The molecule has 5 heteroatoms. The van der Waals surface area contributed by atoms with E-state index in [0.29, 0.717) is 17.9 Å². The molecule has 4 nitrogen and oxygen atoms in total. The molecule has 0 aliphatic heterocycles. The number of amides is 1. The lowest BCUT2D eigenvalue weighted by atomic mass is 9.87. The molecule has 0 bridgehead atoms. The largest absolute Gasteiger partial charge is 0.467 e. The topological polar surface area (TPSA) is 47.2 Å². The van der Waals surface area contributed by atoms with Gasteiger partial charge in [0.05, 0.1) is 12.8 Å². The lowest BCUT2D eigenvalue weighted by Crippen LogP contribution is -2.25. The first kappa shape index (κ1) is 18.0. The molecule has 1 atom stereocenters. The van der Waals surface area contributed by atoms with Gasteiger partial charge in [0.25, 0.3) is 0 Å². The Morgan fingerprint density at radius 2 is 1.86 bits per heavy atom. The van der Waals surface area contributed by atoms with Gasteiger partial charge < -0.3 is 14.3 Å². The third kappa shape index (κ3) is 3.56. The van der Waals surface area contributed by atoms with Crippen molar-refractivity contribution in [3.05, 3.63) is 95.8 Å². The summed E-state index contributed by atoms with van der Waals surface area (Å²) in [5.41, 5.74) is 2.51. The van der Waals surface area contributed by atoms with Crippen LogP contribution in [-0.4, -0.2) is 10.5 Å². The van der Waals surface area contributed by atoms with Crippen molar-refractivity contribution in [1.82, 2.24) is 9.88 Å². The molecule has 4 aromatic rings. The van der Waals surface area contributed by atoms with Crippen molar-refractivity contribution in [1.29, 1.82) is 0 Å². The highest BCUT2D eigenvalue weighted by Gasteiger charge is 2.24. The summed E-state index contributed by atoms with van der Waals surface area (Å²) in [6.07, 6.45) is 3.71. The predicted octanol–water partition coefficient (Wildman–Crippen LogP) is 4.75. The van der Waals surface area contributed by atoms with E-state index in [-0.39, 0.29) is 24.1 Å². The lowest BCUT2D eigenvalue weighted by molar-refractivity contribution is -0.121. The van der Waals surface area contributed by atoms with Crippen LogP contribution in [-0.2, 0) is 18.4 Å². The molecule has 0 aliphatic carbocycles. The zero-order valence-electron chi connectivity index (χ0n) is 15.6. The molecule has 1 N–H and O–H groups in total. The van der Waals surface area contributed by atoms with E-state index in [1.165, 1.54) is 6.07 Å². The maximum absolute atomic E-state index is 14.6. The standard InChI is InChI=1S/C23H21FN2O2/c1-26-15-20(18-9-3-5-11-22(18)26)19(17-8-2-4-10-21(17)24)13-23(27)25-14-16-7-6-12-28-16/h2-12,15,19H,13-14H2,1H3,(H,25,27)/t19-/m0/s1. The van der Waals surface area contributed by atoms with Crippen LogP contribution in [0.2, 0.25) is 0 Å². The molecule has 2 heterocycles. The van der Waals surface area contributed by atoms with Gasteiger partial charge in [0.1, 0.15) is 11.6 Å². The van der Waals surface area contributed by atoms with Crippen molar-refractivity contribution in [2.24, 2.45) is 7.05 Å². The second-order valence-electron chi connectivity index (χ2n) is 6.85. The molecule has 2 aromatic heterocycles. The normalized spacial score (nSPS) is 12.2. The highest BCUT2D eigenvalue weighted by atomic mass is 19.1. The Kier molecular flexibility index (Phi) is 4.98. The molecule has 142 valence electrons. The van der Waals surface area contributed by atoms with Crippen LogP contribution in [0.25, 0.3) is 10.9 Å². The Bertz CT molecular complexity index is 1100. The summed E-state index contributed by atoms with van der Waals surface area (Å²) in [4.78, 5) is 12.7. The summed E-state index contributed by atoms with van der Waals surface area (Å²) < 4.78 is 21.9. The Balaban J connectivity index is 1.68. The summed E-state index contributed by atoms with van der Waals surface area (Å²) in [5.74, 6) is -0.165. The van der Waals surface area contributed by atoms with Gasteiger partial charge in [0.2, 0.25) is 5.91 Å². The zero-order chi connectivity index (χ0) is 19.5. The maximum atomic E-state index is 14.6. The van der Waals surface area contributed by atoms with Crippen LogP contribution in [0, 0.1) is 5.82 Å². The summed E-state index contributed by atoms with van der Waals surface area (Å²) >= 11 is 0. The Morgan fingerprint density at radius 1 is 1.07 bits per heavy atom. The highest BCUT2D eigenvalue weighted by molar-refractivity contribution is 5.86. The van der Waals surface area contributed by atoms with Gasteiger partial charge in [-0.15, -0.1) is 0 Å². The number of halogens is 1. The molecular formula is C23H21FN2O2. The van der Waals surface area contributed by atoms with Gasteiger partial charge >= 0.3 is 0 Å².